The molecule has 27 heavy (non-hydrogen) atoms. The van der Waals surface area contributed by atoms with Crippen molar-refractivity contribution in [3.05, 3.63) is 53.7 Å². The summed E-state index contributed by atoms with van der Waals surface area (Å²) in [5.41, 5.74) is 0.363. The van der Waals surface area contributed by atoms with Crippen LogP contribution >= 0.6 is 0 Å². The Hall–Kier alpha value is -2.53. The molecule has 5 nitrogen and oxygen atoms in total. The molecular formula is C22H28NO4+. The van der Waals surface area contributed by atoms with E-state index < -0.39 is 27.6 Å². The summed E-state index contributed by atoms with van der Waals surface area (Å²) in [7, 11) is 0. The minimum absolute atomic E-state index is 0.0178. The molecule has 1 N–H and O–H groups in total. The molecule has 0 bridgehead atoms. The molecule has 0 spiro atoms. The predicted octanol–water partition coefficient (Wildman–Crippen LogP) is 3.81. The monoisotopic (exact) mass is 370 g/mol. The van der Waals surface area contributed by atoms with Crippen LogP contribution in [0.25, 0.3) is 5.57 Å². The highest BCUT2D eigenvalue weighted by Crippen LogP contribution is 2.35. The smallest absolute Gasteiger partial charge is 0.391 e. The molecule has 0 aromatic heterocycles. The second kappa shape index (κ2) is 8.01. The fourth-order valence-corrected chi connectivity index (χ4v) is 3.42. The van der Waals surface area contributed by atoms with Crippen LogP contribution in [-0.4, -0.2) is 40.3 Å². The molecule has 0 fully saturated rings. The van der Waals surface area contributed by atoms with Crippen molar-refractivity contribution < 1.29 is 24.0 Å². The quantitative estimate of drug-likeness (QED) is 0.585. The molecule has 5 heteroatoms. The second-order valence-corrected chi connectivity index (χ2v) is 7.58. The van der Waals surface area contributed by atoms with Crippen molar-refractivity contribution >= 4 is 23.2 Å². The maximum Gasteiger partial charge on any atom is 0.391 e. The molecular weight excluding hydrogens is 342 g/mol. The molecule has 0 aliphatic carbocycles. The fourth-order valence-electron chi connectivity index (χ4n) is 3.42. The van der Waals surface area contributed by atoms with E-state index in [0.29, 0.717) is 18.4 Å². The van der Waals surface area contributed by atoms with Crippen molar-refractivity contribution in [3.8, 4) is 0 Å². The van der Waals surface area contributed by atoms with E-state index in [1.807, 2.05) is 44.2 Å². The Morgan fingerprint density at radius 3 is 2.26 bits per heavy atom. The summed E-state index contributed by atoms with van der Waals surface area (Å²) in [5, 5.41) is 10.1. The van der Waals surface area contributed by atoms with Crippen molar-refractivity contribution in [1.82, 2.24) is 0 Å². The third-order valence-electron chi connectivity index (χ3n) is 5.36. The lowest BCUT2D eigenvalue weighted by atomic mass is 9.83. The summed E-state index contributed by atoms with van der Waals surface area (Å²) >= 11 is 0. The van der Waals surface area contributed by atoms with Gasteiger partial charge in [-0.3, -0.25) is 4.79 Å². The summed E-state index contributed by atoms with van der Waals surface area (Å²) in [4.78, 5) is 38.7. The van der Waals surface area contributed by atoms with E-state index in [1.54, 1.807) is 26.0 Å². The topological polar surface area (TPSA) is 71.4 Å². The van der Waals surface area contributed by atoms with Crippen molar-refractivity contribution in [2.75, 3.05) is 13.1 Å². The Morgan fingerprint density at radius 2 is 1.74 bits per heavy atom. The molecule has 1 aliphatic rings. The van der Waals surface area contributed by atoms with Gasteiger partial charge in [0, 0.05) is 5.41 Å². The number of hydrogen-bond acceptors (Lipinski definition) is 3. The first kappa shape index (κ1) is 20.8. The van der Waals surface area contributed by atoms with Crippen molar-refractivity contribution in [3.63, 3.8) is 0 Å². The van der Waals surface area contributed by atoms with E-state index in [0.717, 1.165) is 5.56 Å². The number of hydrogen-bond donors (Lipinski definition) is 1. The maximum atomic E-state index is 13.4. The van der Waals surface area contributed by atoms with Crippen LogP contribution in [0.4, 0.5) is 0 Å². The van der Waals surface area contributed by atoms with Gasteiger partial charge >= 0.3 is 11.9 Å². The Bertz CT molecular complexity index is 805. The minimum atomic E-state index is -1.16. The third kappa shape index (κ3) is 3.78. The zero-order valence-corrected chi connectivity index (χ0v) is 16.5. The number of carbonyl (C=O) groups excluding carboxylic acids is 2. The van der Waals surface area contributed by atoms with Crippen molar-refractivity contribution in [2.24, 2.45) is 5.41 Å². The Morgan fingerprint density at radius 1 is 1.11 bits per heavy atom. The van der Waals surface area contributed by atoms with Crippen LogP contribution in [0.2, 0.25) is 0 Å². The van der Waals surface area contributed by atoms with Crippen LogP contribution < -0.4 is 0 Å². The number of nitrogens with zero attached hydrogens (tertiary/aromatic N) is 1. The number of amides is 1. The van der Waals surface area contributed by atoms with E-state index >= 15 is 0 Å². The first-order valence-corrected chi connectivity index (χ1v) is 9.37. The van der Waals surface area contributed by atoms with Gasteiger partial charge < -0.3 is 5.11 Å². The van der Waals surface area contributed by atoms with Crippen LogP contribution in [0.5, 0.6) is 0 Å². The third-order valence-corrected chi connectivity index (χ3v) is 5.36. The number of carboxylic acid groups (broad SMARTS) is 1. The summed E-state index contributed by atoms with van der Waals surface area (Å²) in [6, 6.07) is 9.13. The van der Waals surface area contributed by atoms with E-state index in [1.165, 1.54) is 0 Å². The van der Waals surface area contributed by atoms with Crippen molar-refractivity contribution in [2.45, 2.75) is 40.5 Å². The molecule has 1 aromatic rings. The highest BCUT2D eigenvalue weighted by molar-refractivity contribution is 6.36. The number of aliphatic carboxylic acids is 1. The lowest BCUT2D eigenvalue weighted by Crippen LogP contribution is -2.60. The van der Waals surface area contributed by atoms with Crippen LogP contribution in [0.3, 0.4) is 0 Å². The Balaban J connectivity index is 2.72. The van der Waals surface area contributed by atoms with Gasteiger partial charge in [0.1, 0.15) is 6.54 Å². The zero-order chi connectivity index (χ0) is 20.2. The number of ketones is 1. The summed E-state index contributed by atoms with van der Waals surface area (Å²) in [6.07, 6.45) is 4.64. The molecule has 1 amide bonds. The highest BCUT2D eigenvalue weighted by atomic mass is 16.4. The van der Waals surface area contributed by atoms with Gasteiger partial charge in [0.05, 0.1) is 12.1 Å². The fraction of sp³-hybridized carbons (Fsp3) is 0.409. The van der Waals surface area contributed by atoms with Crippen LogP contribution in [0, 0.1) is 5.41 Å². The van der Waals surface area contributed by atoms with E-state index in [-0.39, 0.29) is 18.8 Å². The molecule has 1 heterocycles. The molecule has 2 rings (SSSR count). The first-order valence-electron chi connectivity index (χ1n) is 9.37. The number of quaternary nitrogens is 1. The van der Waals surface area contributed by atoms with Gasteiger partial charge in [-0.25, -0.2) is 14.1 Å². The molecule has 0 radical (unpaired) electrons. The standard InChI is InChI=1S/C22H27NO4/c1-5-14-23(20(25)19(24)22(3,4)6-2)15-10-13-17(18(23)21(26)27)16-11-8-7-9-12-16/h7-13H,5-6,14-15H2,1-4H3/p+1. The van der Waals surface area contributed by atoms with Gasteiger partial charge in [-0.1, -0.05) is 58.0 Å². The molecule has 1 aromatic carbocycles. The van der Waals surface area contributed by atoms with Crippen molar-refractivity contribution in [1.29, 1.82) is 0 Å². The molecule has 0 saturated carbocycles. The summed E-state index contributed by atoms with van der Waals surface area (Å²) in [6.45, 7) is 7.66. The van der Waals surface area contributed by atoms with E-state index in [2.05, 4.69) is 0 Å². The molecule has 1 atom stereocenters. The number of Topliss-reactive ketones (excluding diaryl/α,β-unsaturated/α-hetero) is 1. The average molecular weight is 370 g/mol. The Kier molecular flexibility index (Phi) is 6.16. The number of allylic oxidation sites excluding steroid dienone is 2. The number of carboxylic acids is 1. The predicted molar refractivity (Wildman–Crippen MR) is 105 cm³/mol. The second-order valence-electron chi connectivity index (χ2n) is 7.58. The highest BCUT2D eigenvalue weighted by Gasteiger charge is 2.52. The van der Waals surface area contributed by atoms with Gasteiger partial charge in [0.2, 0.25) is 5.70 Å². The van der Waals surface area contributed by atoms with Gasteiger partial charge in [-0.05, 0) is 30.6 Å². The summed E-state index contributed by atoms with van der Waals surface area (Å²) in [5.74, 6) is -2.32. The molecule has 0 saturated heterocycles. The Labute approximate surface area is 160 Å². The molecule has 1 unspecified atom stereocenters. The first-order chi connectivity index (χ1) is 12.7. The van der Waals surface area contributed by atoms with Gasteiger partial charge in [0.25, 0.3) is 5.78 Å². The van der Waals surface area contributed by atoms with Crippen LogP contribution in [-0.2, 0) is 14.4 Å². The van der Waals surface area contributed by atoms with E-state index in [4.69, 9.17) is 0 Å². The maximum absolute atomic E-state index is 13.4. The van der Waals surface area contributed by atoms with Gasteiger partial charge in [-0.2, -0.15) is 0 Å². The van der Waals surface area contributed by atoms with Crippen LogP contribution in [0.1, 0.15) is 46.1 Å². The lowest BCUT2D eigenvalue weighted by Gasteiger charge is -2.38. The number of benzene rings is 1. The average Bonchev–Trinajstić information content (AvgIpc) is 2.67. The van der Waals surface area contributed by atoms with Gasteiger partial charge in [0.15, 0.2) is 0 Å². The SMILES string of the molecule is CCC[N+]1(C(=O)C(=O)C(C)(C)CC)CC=CC(c2ccccc2)=C1C(=O)O. The van der Waals surface area contributed by atoms with Gasteiger partial charge in [-0.15, -0.1) is 0 Å². The number of rotatable bonds is 7. The zero-order valence-electron chi connectivity index (χ0n) is 16.5. The van der Waals surface area contributed by atoms with Crippen LogP contribution in [0.15, 0.2) is 48.2 Å². The largest absolute Gasteiger partial charge is 0.474 e. The lowest BCUT2D eigenvalue weighted by molar-refractivity contribution is -0.803. The summed E-state index contributed by atoms with van der Waals surface area (Å²) < 4.78 is -0.463. The molecule has 144 valence electrons. The molecule has 1 aliphatic heterocycles. The minimum Gasteiger partial charge on any atom is -0.474 e. The number of carbonyl (C=O) groups is 3. The van der Waals surface area contributed by atoms with E-state index in [9.17, 15) is 19.5 Å². The normalized spacial score (nSPS) is 19.9.